The van der Waals surface area contributed by atoms with Crippen molar-refractivity contribution < 1.29 is 19.0 Å². The van der Waals surface area contributed by atoms with E-state index in [2.05, 4.69) is 22.0 Å². The Morgan fingerprint density at radius 1 is 1.06 bits per heavy atom. The highest BCUT2D eigenvalue weighted by Gasteiger charge is 2.23. The van der Waals surface area contributed by atoms with Crippen LogP contribution >= 0.6 is 0 Å². The van der Waals surface area contributed by atoms with Gasteiger partial charge in [-0.2, -0.15) is 0 Å². The van der Waals surface area contributed by atoms with Gasteiger partial charge in [-0.15, -0.1) is 0 Å². The highest BCUT2D eigenvalue weighted by molar-refractivity contribution is 5.98. The number of benzene rings is 1. The van der Waals surface area contributed by atoms with Crippen molar-refractivity contribution >= 4 is 11.7 Å². The molecule has 0 unspecified atom stereocenters. The van der Waals surface area contributed by atoms with Gasteiger partial charge in [0.1, 0.15) is 17.4 Å². The van der Waals surface area contributed by atoms with Gasteiger partial charge in [0.15, 0.2) is 0 Å². The molecule has 1 saturated carbocycles. The number of methoxy groups -OCH3 is 1. The van der Waals surface area contributed by atoms with E-state index in [0.717, 1.165) is 71.5 Å². The Kier molecular flexibility index (Phi) is 11.4. The standard InChI is InChI=1S/C14H26N2O2.C13H18FN3O/c1-18-13-7-9-16(10-8-13)11-14(17)15-12-5-3-2-4-6-12;1-2-16-5-7-17(8-6-16)13(15)11-9-10(14)3-4-12(11)18/h12-13H,2-11H2,1H3,(H,15,17);3-4,9,15,18H,2,5-8H2,1H3. The number of piperazine rings is 1. The topological polar surface area (TPSA) is 92.1 Å². The van der Waals surface area contributed by atoms with Crippen molar-refractivity contribution in [2.45, 2.75) is 64.0 Å². The van der Waals surface area contributed by atoms with Gasteiger partial charge in [-0.05, 0) is 50.4 Å². The molecule has 202 valence electrons. The molecule has 0 atom stereocenters. The molecular weight excluding hydrogens is 461 g/mol. The van der Waals surface area contributed by atoms with Crippen LogP contribution in [0.25, 0.3) is 0 Å². The number of nitrogens with one attached hydrogen (secondary N) is 2. The number of likely N-dealkylation sites (tertiary alicyclic amines) is 1. The second-order valence-corrected chi connectivity index (χ2v) is 10.0. The van der Waals surface area contributed by atoms with E-state index < -0.39 is 5.82 Å². The van der Waals surface area contributed by atoms with Crippen LogP contribution in [-0.4, -0.2) is 103 Å². The van der Waals surface area contributed by atoms with Gasteiger partial charge < -0.3 is 25.0 Å². The molecule has 3 fully saturated rings. The smallest absolute Gasteiger partial charge is 0.234 e. The summed E-state index contributed by atoms with van der Waals surface area (Å²) in [5.41, 5.74) is 0.264. The lowest BCUT2D eigenvalue weighted by Gasteiger charge is -2.35. The van der Waals surface area contributed by atoms with Crippen LogP contribution in [0.5, 0.6) is 5.75 Å². The molecule has 9 heteroatoms. The van der Waals surface area contributed by atoms with E-state index in [1.807, 2.05) is 4.90 Å². The van der Waals surface area contributed by atoms with Crippen molar-refractivity contribution in [2.24, 2.45) is 0 Å². The van der Waals surface area contributed by atoms with Gasteiger partial charge in [0.2, 0.25) is 5.91 Å². The lowest BCUT2D eigenvalue weighted by Crippen LogP contribution is -2.48. The van der Waals surface area contributed by atoms with Crippen LogP contribution in [0.1, 0.15) is 57.4 Å². The molecule has 3 aliphatic rings. The Labute approximate surface area is 215 Å². The van der Waals surface area contributed by atoms with Crippen LogP contribution in [-0.2, 0) is 9.53 Å². The normalized spacial score (nSPS) is 20.5. The number of carbonyl (C=O) groups excluding carboxylic acids is 1. The highest BCUT2D eigenvalue weighted by Crippen LogP contribution is 2.21. The number of aromatic hydroxyl groups is 1. The summed E-state index contributed by atoms with van der Waals surface area (Å²) in [5, 5.41) is 20.9. The van der Waals surface area contributed by atoms with E-state index in [0.29, 0.717) is 18.7 Å². The molecule has 0 bridgehead atoms. The van der Waals surface area contributed by atoms with Gasteiger partial charge in [-0.3, -0.25) is 15.1 Å². The molecule has 1 aromatic carbocycles. The Hall–Kier alpha value is -2.23. The number of phenolic OH excluding ortho intramolecular Hbond substituents is 1. The maximum absolute atomic E-state index is 13.2. The van der Waals surface area contributed by atoms with Crippen molar-refractivity contribution in [3.05, 3.63) is 29.6 Å². The first kappa shape index (κ1) is 28.3. The SMILES string of the molecule is CCN1CCN(C(=N)c2cc(F)ccc2O)CC1.COC1CCN(CC(=O)NC2CCCCC2)CC1. The number of likely N-dealkylation sites (N-methyl/N-ethyl adjacent to an activating group) is 1. The van der Waals surface area contributed by atoms with E-state index in [1.165, 1.54) is 37.5 Å². The third-order valence-electron chi connectivity index (χ3n) is 7.55. The number of amides is 1. The highest BCUT2D eigenvalue weighted by atomic mass is 19.1. The van der Waals surface area contributed by atoms with Gasteiger partial charge in [0.05, 0.1) is 18.2 Å². The van der Waals surface area contributed by atoms with Crippen molar-refractivity contribution in [3.8, 4) is 5.75 Å². The quantitative estimate of drug-likeness (QED) is 0.407. The number of amidine groups is 1. The Balaban J connectivity index is 0.000000201. The number of rotatable bonds is 6. The monoisotopic (exact) mass is 505 g/mol. The van der Waals surface area contributed by atoms with Gasteiger partial charge in [0, 0.05) is 52.4 Å². The summed E-state index contributed by atoms with van der Waals surface area (Å²) in [6.07, 6.45) is 8.68. The number of hydrogen-bond acceptors (Lipinski definition) is 6. The van der Waals surface area contributed by atoms with E-state index >= 15 is 0 Å². The summed E-state index contributed by atoms with van der Waals surface area (Å²) >= 11 is 0. The average Bonchev–Trinajstić information content (AvgIpc) is 2.91. The van der Waals surface area contributed by atoms with Crippen LogP contribution in [0.4, 0.5) is 4.39 Å². The molecule has 2 saturated heterocycles. The number of phenols is 1. The number of nitrogens with zero attached hydrogens (tertiary/aromatic N) is 3. The third kappa shape index (κ3) is 8.71. The molecule has 4 rings (SSSR count). The fourth-order valence-electron chi connectivity index (χ4n) is 5.18. The van der Waals surface area contributed by atoms with Gasteiger partial charge >= 0.3 is 0 Å². The Bertz CT molecular complexity index is 833. The summed E-state index contributed by atoms with van der Waals surface area (Å²) in [7, 11) is 1.77. The Morgan fingerprint density at radius 2 is 1.72 bits per heavy atom. The number of halogens is 1. The zero-order valence-electron chi connectivity index (χ0n) is 22.0. The van der Waals surface area contributed by atoms with Crippen molar-refractivity contribution in [3.63, 3.8) is 0 Å². The number of piperidine rings is 1. The lowest BCUT2D eigenvalue weighted by molar-refractivity contribution is -0.123. The molecule has 0 spiro atoms. The van der Waals surface area contributed by atoms with Crippen molar-refractivity contribution in [1.29, 1.82) is 5.41 Å². The molecule has 1 aromatic rings. The maximum Gasteiger partial charge on any atom is 0.234 e. The maximum atomic E-state index is 13.2. The van der Waals surface area contributed by atoms with Crippen molar-refractivity contribution in [1.82, 2.24) is 20.0 Å². The molecule has 36 heavy (non-hydrogen) atoms. The van der Waals surface area contributed by atoms with Crippen LogP contribution in [0.15, 0.2) is 18.2 Å². The second kappa shape index (κ2) is 14.5. The first-order chi connectivity index (χ1) is 17.4. The van der Waals surface area contributed by atoms with E-state index in [4.69, 9.17) is 10.1 Å². The predicted molar refractivity (Wildman–Crippen MR) is 140 cm³/mol. The van der Waals surface area contributed by atoms with Gasteiger partial charge in [-0.25, -0.2) is 4.39 Å². The summed E-state index contributed by atoms with van der Waals surface area (Å²) in [4.78, 5) is 18.4. The minimum atomic E-state index is -0.431. The van der Waals surface area contributed by atoms with E-state index in [1.54, 1.807) is 7.11 Å². The zero-order chi connectivity index (χ0) is 25.9. The van der Waals surface area contributed by atoms with Gasteiger partial charge in [0.25, 0.3) is 0 Å². The first-order valence-electron chi connectivity index (χ1n) is 13.5. The van der Waals surface area contributed by atoms with Gasteiger partial charge in [-0.1, -0.05) is 26.2 Å². The zero-order valence-corrected chi connectivity index (χ0v) is 22.0. The van der Waals surface area contributed by atoms with Crippen LogP contribution in [0.3, 0.4) is 0 Å². The van der Waals surface area contributed by atoms with E-state index in [9.17, 15) is 14.3 Å². The summed E-state index contributed by atoms with van der Waals surface area (Å²) in [6, 6.07) is 4.13. The molecule has 3 N–H and O–H groups in total. The molecular formula is C27H44FN5O3. The molecule has 1 amide bonds. The first-order valence-corrected chi connectivity index (χ1v) is 13.5. The summed E-state index contributed by atoms with van der Waals surface area (Å²) in [5.74, 6) is -0.0698. The van der Waals surface area contributed by atoms with Crippen LogP contribution in [0, 0.1) is 11.2 Å². The molecule has 2 aliphatic heterocycles. The summed E-state index contributed by atoms with van der Waals surface area (Å²) < 4.78 is 18.5. The molecule has 0 radical (unpaired) electrons. The molecule has 0 aromatic heterocycles. The summed E-state index contributed by atoms with van der Waals surface area (Å²) in [6.45, 7) is 8.92. The van der Waals surface area contributed by atoms with Crippen LogP contribution in [0.2, 0.25) is 0 Å². The number of ether oxygens (including phenoxy) is 1. The minimum Gasteiger partial charge on any atom is -0.507 e. The average molecular weight is 506 g/mol. The van der Waals surface area contributed by atoms with E-state index in [-0.39, 0.29) is 23.1 Å². The fraction of sp³-hybridized carbons (Fsp3) is 0.704. The number of hydrogen-bond donors (Lipinski definition) is 3. The second-order valence-electron chi connectivity index (χ2n) is 10.0. The lowest BCUT2D eigenvalue weighted by atomic mass is 9.95. The third-order valence-corrected chi connectivity index (χ3v) is 7.55. The Morgan fingerprint density at radius 3 is 2.33 bits per heavy atom. The minimum absolute atomic E-state index is 0.0423. The number of carbonyl (C=O) groups is 1. The molecule has 8 nitrogen and oxygen atoms in total. The fourth-order valence-corrected chi connectivity index (χ4v) is 5.18. The van der Waals surface area contributed by atoms with Crippen LogP contribution < -0.4 is 5.32 Å². The van der Waals surface area contributed by atoms with Crippen molar-refractivity contribution in [2.75, 3.05) is 59.5 Å². The predicted octanol–water partition coefficient (Wildman–Crippen LogP) is 3.04. The molecule has 2 heterocycles. The largest absolute Gasteiger partial charge is 0.507 e. The molecule has 1 aliphatic carbocycles.